The van der Waals surface area contributed by atoms with Gasteiger partial charge in [0.1, 0.15) is 28.9 Å². The van der Waals surface area contributed by atoms with Crippen LogP contribution in [0.4, 0.5) is 9.39 Å². The van der Waals surface area contributed by atoms with Crippen LogP contribution in [0, 0.1) is 12.7 Å². The Labute approximate surface area is 96.0 Å². The van der Waals surface area contributed by atoms with Crippen molar-refractivity contribution in [1.29, 1.82) is 0 Å². The molecule has 16 heavy (non-hydrogen) atoms. The fourth-order valence-corrected chi connectivity index (χ4v) is 1.67. The summed E-state index contributed by atoms with van der Waals surface area (Å²) in [5.41, 5.74) is 6.96. The van der Waals surface area contributed by atoms with Gasteiger partial charge in [-0.05, 0) is 30.7 Å². The minimum atomic E-state index is -0.278. The zero-order chi connectivity index (χ0) is 11.5. The molecule has 6 heteroatoms. The molecule has 0 spiro atoms. The normalized spacial score (nSPS) is 10.4. The molecule has 0 aliphatic heterocycles. The first-order valence-corrected chi connectivity index (χ1v) is 5.40. The molecule has 0 unspecified atom stereocenters. The monoisotopic (exact) mass is 239 g/mol. The van der Waals surface area contributed by atoms with E-state index in [4.69, 9.17) is 10.5 Å². The van der Waals surface area contributed by atoms with Gasteiger partial charge in [-0.1, -0.05) is 4.49 Å². The van der Waals surface area contributed by atoms with Gasteiger partial charge in [0.2, 0.25) is 0 Å². The number of nitrogens with two attached hydrogens (primary N) is 1. The summed E-state index contributed by atoms with van der Waals surface area (Å²) < 4.78 is 22.0. The molecule has 0 atom stereocenters. The number of aromatic nitrogens is 2. The third-order valence-corrected chi connectivity index (χ3v) is 2.68. The topological polar surface area (TPSA) is 61.0 Å². The number of rotatable bonds is 3. The van der Waals surface area contributed by atoms with Crippen LogP contribution < -0.4 is 10.5 Å². The molecular formula is C10H10FN3OS. The first kappa shape index (κ1) is 10.8. The van der Waals surface area contributed by atoms with Gasteiger partial charge in [0.05, 0.1) is 0 Å². The third-order valence-electron chi connectivity index (χ3n) is 2.09. The van der Waals surface area contributed by atoms with Crippen LogP contribution >= 0.6 is 11.5 Å². The largest absolute Gasteiger partial charge is 0.487 e. The van der Waals surface area contributed by atoms with Crippen LogP contribution in [-0.2, 0) is 6.61 Å². The van der Waals surface area contributed by atoms with E-state index in [1.54, 1.807) is 13.0 Å². The number of hydrogen-bond donors (Lipinski definition) is 1. The van der Waals surface area contributed by atoms with Crippen molar-refractivity contribution in [3.05, 3.63) is 35.3 Å². The van der Waals surface area contributed by atoms with Crippen molar-refractivity contribution in [3.8, 4) is 5.75 Å². The predicted octanol–water partition coefficient (Wildman–Crippen LogP) is 2.15. The molecule has 1 aromatic heterocycles. The molecule has 0 fully saturated rings. The number of hydrogen-bond acceptors (Lipinski definition) is 5. The molecule has 2 aromatic rings. The molecule has 84 valence electrons. The summed E-state index contributed by atoms with van der Waals surface area (Å²) in [7, 11) is 0. The fraction of sp³-hybridized carbons (Fsp3) is 0.200. The molecule has 2 rings (SSSR count). The summed E-state index contributed by atoms with van der Waals surface area (Å²) >= 11 is 1.12. The number of halogens is 1. The molecule has 0 saturated carbocycles. The predicted molar refractivity (Wildman–Crippen MR) is 59.8 cm³/mol. The second-order valence-electron chi connectivity index (χ2n) is 3.28. The van der Waals surface area contributed by atoms with Crippen molar-refractivity contribution in [2.45, 2.75) is 13.5 Å². The van der Waals surface area contributed by atoms with E-state index in [1.807, 2.05) is 0 Å². The van der Waals surface area contributed by atoms with Gasteiger partial charge in [0.25, 0.3) is 0 Å². The lowest BCUT2D eigenvalue weighted by Crippen LogP contribution is -2.00. The first-order chi connectivity index (χ1) is 7.66. The van der Waals surface area contributed by atoms with E-state index < -0.39 is 0 Å². The fourth-order valence-electron chi connectivity index (χ4n) is 1.24. The average molecular weight is 239 g/mol. The summed E-state index contributed by atoms with van der Waals surface area (Å²) in [6.07, 6.45) is 0. The smallest absolute Gasteiger partial charge is 0.136 e. The number of aryl methyl sites for hydroxylation is 1. The van der Waals surface area contributed by atoms with Gasteiger partial charge in [-0.2, -0.15) is 0 Å². The molecule has 0 radical (unpaired) electrons. The van der Waals surface area contributed by atoms with Crippen molar-refractivity contribution < 1.29 is 9.13 Å². The highest BCUT2D eigenvalue weighted by atomic mass is 32.1. The van der Waals surface area contributed by atoms with E-state index in [2.05, 4.69) is 9.59 Å². The van der Waals surface area contributed by atoms with Gasteiger partial charge in [-0.25, -0.2) is 4.39 Å². The molecule has 1 heterocycles. The SMILES string of the molecule is Cc1cc(F)ccc1OCc1nnsc1N. The maximum atomic E-state index is 12.8. The van der Waals surface area contributed by atoms with Crippen LogP contribution in [0.5, 0.6) is 5.75 Å². The van der Waals surface area contributed by atoms with Gasteiger partial charge in [0.15, 0.2) is 0 Å². The third kappa shape index (κ3) is 2.27. The highest BCUT2D eigenvalue weighted by Gasteiger charge is 2.06. The maximum absolute atomic E-state index is 12.8. The molecule has 4 nitrogen and oxygen atoms in total. The van der Waals surface area contributed by atoms with Crippen LogP contribution in [0.2, 0.25) is 0 Å². The number of nitrogen functional groups attached to an aromatic ring is 1. The van der Waals surface area contributed by atoms with Gasteiger partial charge in [-0.15, -0.1) is 5.10 Å². The van der Waals surface area contributed by atoms with Crippen molar-refractivity contribution >= 4 is 16.5 Å². The van der Waals surface area contributed by atoms with Crippen LogP contribution in [0.25, 0.3) is 0 Å². The highest BCUT2D eigenvalue weighted by molar-refractivity contribution is 7.09. The highest BCUT2D eigenvalue weighted by Crippen LogP contribution is 2.21. The Bertz CT molecular complexity index is 501. The summed E-state index contributed by atoms with van der Waals surface area (Å²) in [5, 5.41) is 4.36. The Hall–Kier alpha value is -1.69. The summed E-state index contributed by atoms with van der Waals surface area (Å²) in [6.45, 7) is 2.02. The zero-order valence-electron chi connectivity index (χ0n) is 8.61. The average Bonchev–Trinajstić information content (AvgIpc) is 2.63. The molecule has 2 N–H and O–H groups in total. The molecule has 0 amide bonds. The van der Waals surface area contributed by atoms with E-state index in [0.717, 1.165) is 17.1 Å². The zero-order valence-corrected chi connectivity index (χ0v) is 9.42. The number of benzene rings is 1. The van der Waals surface area contributed by atoms with Gasteiger partial charge >= 0.3 is 0 Å². The van der Waals surface area contributed by atoms with Crippen molar-refractivity contribution in [1.82, 2.24) is 9.59 Å². The Balaban J connectivity index is 2.08. The second kappa shape index (κ2) is 4.44. The standard InChI is InChI=1S/C10H10FN3OS/c1-6-4-7(11)2-3-9(6)15-5-8-10(12)16-14-13-8/h2-4H,5,12H2,1H3. The van der Waals surface area contributed by atoms with Crippen LogP contribution in [-0.4, -0.2) is 9.59 Å². The lowest BCUT2D eigenvalue weighted by Gasteiger charge is -2.07. The molecular weight excluding hydrogens is 229 g/mol. The Morgan fingerprint density at radius 2 is 2.31 bits per heavy atom. The van der Waals surface area contributed by atoms with Crippen molar-refractivity contribution in [3.63, 3.8) is 0 Å². The van der Waals surface area contributed by atoms with Gasteiger partial charge < -0.3 is 10.5 Å². The van der Waals surface area contributed by atoms with Crippen molar-refractivity contribution in [2.24, 2.45) is 0 Å². The molecule has 0 aliphatic rings. The number of ether oxygens (including phenoxy) is 1. The summed E-state index contributed by atoms with van der Waals surface area (Å²) in [4.78, 5) is 0. The molecule has 1 aromatic carbocycles. The van der Waals surface area contributed by atoms with E-state index >= 15 is 0 Å². The number of nitrogens with zero attached hydrogens (tertiary/aromatic N) is 2. The van der Waals surface area contributed by atoms with Crippen LogP contribution in [0.15, 0.2) is 18.2 Å². The van der Waals surface area contributed by atoms with Crippen molar-refractivity contribution in [2.75, 3.05) is 5.73 Å². The lowest BCUT2D eigenvalue weighted by molar-refractivity contribution is 0.299. The van der Waals surface area contributed by atoms with E-state index in [1.165, 1.54) is 12.1 Å². The Kier molecular flexibility index (Phi) is 3.00. The maximum Gasteiger partial charge on any atom is 0.136 e. The minimum absolute atomic E-state index is 0.245. The summed E-state index contributed by atoms with van der Waals surface area (Å²) in [6, 6.07) is 4.35. The molecule has 0 aliphatic carbocycles. The van der Waals surface area contributed by atoms with E-state index in [-0.39, 0.29) is 12.4 Å². The Morgan fingerprint density at radius 3 is 2.94 bits per heavy atom. The van der Waals surface area contributed by atoms with Gasteiger partial charge in [-0.3, -0.25) is 0 Å². The van der Waals surface area contributed by atoms with E-state index in [9.17, 15) is 4.39 Å². The van der Waals surface area contributed by atoms with Crippen LogP contribution in [0.3, 0.4) is 0 Å². The molecule has 0 saturated heterocycles. The number of anilines is 1. The van der Waals surface area contributed by atoms with Gasteiger partial charge in [0, 0.05) is 11.5 Å². The van der Waals surface area contributed by atoms with Crippen LogP contribution in [0.1, 0.15) is 11.3 Å². The first-order valence-electron chi connectivity index (χ1n) is 4.62. The Morgan fingerprint density at radius 1 is 1.50 bits per heavy atom. The molecule has 0 bridgehead atoms. The lowest BCUT2D eigenvalue weighted by atomic mass is 10.2. The quantitative estimate of drug-likeness (QED) is 0.891. The second-order valence-corrected chi connectivity index (χ2v) is 4.07. The van der Waals surface area contributed by atoms with E-state index in [0.29, 0.717) is 16.4 Å². The summed E-state index contributed by atoms with van der Waals surface area (Å²) in [5.74, 6) is 0.341. The minimum Gasteiger partial charge on any atom is -0.487 e.